The lowest BCUT2D eigenvalue weighted by molar-refractivity contribution is 0.0117. The molecule has 2 fully saturated rings. The Kier molecular flexibility index (Phi) is 6.61. The first-order valence-corrected chi connectivity index (χ1v) is 15.0. The largest absolute Gasteiger partial charge is 0.383 e. The van der Waals surface area contributed by atoms with E-state index < -0.39 is 5.82 Å². The number of halogens is 1. The number of nitrogens with two attached hydrogens (primary N) is 1. The van der Waals surface area contributed by atoms with Crippen LogP contribution in [0, 0.1) is 22.6 Å². The first-order chi connectivity index (χ1) is 22.5. The second-order valence-electron chi connectivity index (χ2n) is 12.0. The molecule has 7 heterocycles. The van der Waals surface area contributed by atoms with Crippen molar-refractivity contribution in [1.82, 2.24) is 39.4 Å². The number of hydrogen-bond donors (Lipinski definition) is 1. The van der Waals surface area contributed by atoms with Crippen LogP contribution in [-0.2, 0) is 6.54 Å². The third-order valence-electron chi connectivity index (χ3n) is 8.84. The highest BCUT2D eigenvalue weighted by Gasteiger charge is 2.47. The Morgan fingerprint density at radius 2 is 1.78 bits per heavy atom. The van der Waals surface area contributed by atoms with E-state index in [-0.39, 0.29) is 11.2 Å². The number of hydrogen-bond acceptors (Lipinski definition) is 10. The van der Waals surface area contributed by atoms with Gasteiger partial charge in [-0.2, -0.15) is 5.26 Å². The van der Waals surface area contributed by atoms with Gasteiger partial charge in [-0.1, -0.05) is 12.1 Å². The summed E-state index contributed by atoms with van der Waals surface area (Å²) in [6.45, 7) is 4.75. The fraction of sp³-hybridized carbons (Fsp3) is 0.206. The summed E-state index contributed by atoms with van der Waals surface area (Å²) in [4.78, 5) is 31.1. The van der Waals surface area contributed by atoms with Gasteiger partial charge in [0.2, 0.25) is 5.82 Å². The Morgan fingerprint density at radius 1 is 0.913 bits per heavy atom. The van der Waals surface area contributed by atoms with Crippen LogP contribution in [0.1, 0.15) is 17.8 Å². The number of fused-ring (bicyclic) bond motifs is 1. The molecule has 46 heavy (non-hydrogen) atoms. The highest BCUT2D eigenvalue weighted by molar-refractivity contribution is 5.85. The van der Waals surface area contributed by atoms with E-state index in [9.17, 15) is 4.39 Å². The predicted octanol–water partition coefficient (Wildman–Crippen LogP) is 4.64. The second-order valence-corrected chi connectivity index (χ2v) is 12.0. The van der Waals surface area contributed by atoms with Crippen molar-refractivity contribution < 1.29 is 4.39 Å². The van der Waals surface area contributed by atoms with Gasteiger partial charge in [-0.05, 0) is 60.5 Å². The van der Waals surface area contributed by atoms with E-state index in [1.54, 1.807) is 24.7 Å². The molecule has 11 nitrogen and oxygen atoms in total. The SMILES string of the molecule is N#Cc1nccc(N2CCC3(CN(Cc4ccc(-n5c(-c6cccnc6N)nc6ncc(-c7ccc(F)cn7)cc65)cc4)C3)C2)n1. The number of rotatable bonds is 6. The highest BCUT2D eigenvalue weighted by atomic mass is 19.1. The van der Waals surface area contributed by atoms with Gasteiger partial charge in [0, 0.05) is 68.0 Å². The number of nitrogens with zero attached hydrogens (tertiary/aromatic N) is 10. The monoisotopic (exact) mass is 609 g/mol. The summed E-state index contributed by atoms with van der Waals surface area (Å²) in [5, 5.41) is 9.17. The Hall–Kier alpha value is -5.80. The zero-order valence-electron chi connectivity index (χ0n) is 24.8. The molecule has 0 atom stereocenters. The van der Waals surface area contributed by atoms with Crippen molar-refractivity contribution in [2.24, 2.45) is 5.41 Å². The zero-order valence-corrected chi connectivity index (χ0v) is 24.8. The number of likely N-dealkylation sites (tertiary alicyclic amines) is 1. The summed E-state index contributed by atoms with van der Waals surface area (Å²) in [5.41, 5.74) is 12.1. The maximum atomic E-state index is 13.6. The van der Waals surface area contributed by atoms with Crippen molar-refractivity contribution in [2.75, 3.05) is 36.8 Å². The average Bonchev–Trinajstić information content (AvgIpc) is 3.68. The van der Waals surface area contributed by atoms with Crippen molar-refractivity contribution in [2.45, 2.75) is 13.0 Å². The Bertz CT molecular complexity index is 2110. The molecule has 6 aromatic rings. The molecule has 0 bridgehead atoms. The first kappa shape index (κ1) is 27.7. The molecule has 0 unspecified atom stereocenters. The van der Waals surface area contributed by atoms with Gasteiger partial charge in [0.15, 0.2) is 11.5 Å². The molecule has 8 rings (SSSR count). The van der Waals surface area contributed by atoms with Crippen molar-refractivity contribution in [3.8, 4) is 34.4 Å². The molecule has 1 aromatic carbocycles. The van der Waals surface area contributed by atoms with Gasteiger partial charge in [0.25, 0.3) is 0 Å². The number of imidazole rings is 1. The van der Waals surface area contributed by atoms with E-state index in [4.69, 9.17) is 16.0 Å². The molecule has 226 valence electrons. The topological polar surface area (TPSA) is 139 Å². The lowest BCUT2D eigenvalue weighted by atomic mass is 9.79. The number of nitrogen functional groups attached to an aromatic ring is 1. The van der Waals surface area contributed by atoms with E-state index in [2.05, 4.69) is 59.0 Å². The molecule has 12 heteroatoms. The highest BCUT2D eigenvalue weighted by Crippen LogP contribution is 2.41. The normalized spacial score (nSPS) is 15.7. The third kappa shape index (κ3) is 4.96. The van der Waals surface area contributed by atoms with E-state index in [0.717, 1.165) is 61.7 Å². The zero-order chi connectivity index (χ0) is 31.3. The Morgan fingerprint density at radius 3 is 2.57 bits per heavy atom. The predicted molar refractivity (Wildman–Crippen MR) is 171 cm³/mol. The van der Waals surface area contributed by atoms with Gasteiger partial charge in [-0.25, -0.2) is 29.3 Å². The molecule has 1 spiro atoms. The van der Waals surface area contributed by atoms with Crippen LogP contribution in [0.3, 0.4) is 0 Å². The van der Waals surface area contributed by atoms with Crippen LogP contribution in [0.15, 0.2) is 85.5 Å². The molecule has 2 aliphatic heterocycles. The van der Waals surface area contributed by atoms with Gasteiger partial charge >= 0.3 is 0 Å². The molecule has 0 saturated carbocycles. The maximum absolute atomic E-state index is 13.6. The fourth-order valence-corrected chi connectivity index (χ4v) is 6.69. The van der Waals surface area contributed by atoms with Gasteiger partial charge in [0.05, 0.1) is 23.0 Å². The summed E-state index contributed by atoms with van der Waals surface area (Å²) in [7, 11) is 0. The molecule has 2 saturated heterocycles. The first-order valence-electron chi connectivity index (χ1n) is 15.0. The lowest BCUT2D eigenvalue weighted by Crippen LogP contribution is -2.56. The van der Waals surface area contributed by atoms with Crippen molar-refractivity contribution in [3.05, 3.63) is 103 Å². The molecule has 0 aliphatic carbocycles. The van der Waals surface area contributed by atoms with Crippen molar-refractivity contribution in [3.63, 3.8) is 0 Å². The Labute approximate surface area is 263 Å². The van der Waals surface area contributed by atoms with Crippen LogP contribution in [-0.4, -0.2) is 65.5 Å². The molecule has 5 aromatic heterocycles. The Balaban J connectivity index is 1.05. The van der Waals surface area contributed by atoms with Crippen LogP contribution >= 0.6 is 0 Å². The summed E-state index contributed by atoms with van der Waals surface area (Å²) in [5.74, 6) is 1.64. The number of anilines is 2. The smallest absolute Gasteiger partial charge is 0.234 e. The minimum absolute atomic E-state index is 0.207. The van der Waals surface area contributed by atoms with E-state index in [1.165, 1.54) is 17.8 Å². The summed E-state index contributed by atoms with van der Waals surface area (Å²) in [6, 6.07) is 21.1. The fourth-order valence-electron chi connectivity index (χ4n) is 6.69. The second kappa shape index (κ2) is 11.0. The number of aromatic nitrogens is 7. The average molecular weight is 610 g/mol. The number of nitriles is 1. The van der Waals surface area contributed by atoms with Gasteiger partial charge < -0.3 is 10.6 Å². The van der Waals surface area contributed by atoms with Crippen LogP contribution in [0.5, 0.6) is 0 Å². The summed E-state index contributed by atoms with van der Waals surface area (Å²) in [6.07, 6.45) is 7.30. The van der Waals surface area contributed by atoms with Crippen LogP contribution in [0.25, 0.3) is 39.5 Å². The molecule has 2 aliphatic rings. The molecular weight excluding hydrogens is 581 g/mol. The van der Waals surface area contributed by atoms with Crippen molar-refractivity contribution in [1.29, 1.82) is 5.26 Å². The van der Waals surface area contributed by atoms with Crippen molar-refractivity contribution >= 4 is 22.8 Å². The quantitative estimate of drug-likeness (QED) is 0.284. The summed E-state index contributed by atoms with van der Waals surface area (Å²) < 4.78 is 15.6. The number of pyridine rings is 3. The molecule has 0 radical (unpaired) electrons. The minimum Gasteiger partial charge on any atom is -0.383 e. The number of benzene rings is 1. The van der Waals surface area contributed by atoms with Crippen LogP contribution < -0.4 is 10.6 Å². The minimum atomic E-state index is -0.395. The van der Waals surface area contributed by atoms with Gasteiger partial charge in [-0.15, -0.1) is 0 Å². The van der Waals surface area contributed by atoms with E-state index >= 15 is 0 Å². The standard InChI is InChI=1S/C34H28FN11/c35-24-5-8-27(40-17-24)23-14-28-32(41-16-23)43-33(26-2-1-11-39-31(26)37)46(28)25-6-3-22(4-7-25)18-44-19-34(20-44)10-13-45(21-34)30-9-12-38-29(15-36)42-30/h1-9,11-12,14,16-17H,10,13,18-21H2,(H2,37,39). The lowest BCUT2D eigenvalue weighted by Gasteiger charge is -2.48. The van der Waals surface area contributed by atoms with Crippen LogP contribution in [0.2, 0.25) is 0 Å². The van der Waals surface area contributed by atoms with E-state index in [1.807, 2.05) is 34.9 Å². The molecular formula is C34H28FN11. The molecule has 0 amide bonds. The van der Waals surface area contributed by atoms with Gasteiger partial charge in [-0.3, -0.25) is 14.5 Å². The van der Waals surface area contributed by atoms with Crippen LogP contribution in [0.4, 0.5) is 16.0 Å². The molecule has 2 N–H and O–H groups in total. The maximum Gasteiger partial charge on any atom is 0.234 e. The summed E-state index contributed by atoms with van der Waals surface area (Å²) >= 11 is 0. The third-order valence-corrected chi connectivity index (χ3v) is 8.84. The van der Waals surface area contributed by atoms with E-state index in [0.29, 0.717) is 28.5 Å². The van der Waals surface area contributed by atoms with Gasteiger partial charge in [0.1, 0.15) is 23.5 Å².